The molecule has 2 aromatic heterocycles. The second kappa shape index (κ2) is 8.37. The van der Waals surface area contributed by atoms with Crippen molar-refractivity contribution in [2.24, 2.45) is 0 Å². The molecule has 0 aliphatic carbocycles. The van der Waals surface area contributed by atoms with Crippen molar-refractivity contribution in [3.8, 4) is 22.7 Å². The third kappa shape index (κ3) is 3.97. The van der Waals surface area contributed by atoms with Crippen molar-refractivity contribution in [1.82, 2.24) is 19.7 Å². The first-order chi connectivity index (χ1) is 13.8. The summed E-state index contributed by atoms with van der Waals surface area (Å²) in [5.74, 6) is 1.45. The fourth-order valence-corrected chi connectivity index (χ4v) is 3.23. The molecule has 1 aliphatic heterocycles. The number of ether oxygens (including phenoxy) is 2. The Balaban J connectivity index is 1.56. The van der Waals surface area contributed by atoms with E-state index < -0.39 is 0 Å². The standard InChI is InChI=1S/C20H23N5O3/c1-27-17-4-2-3-16(11-17)25-13-15(12-22-25)19-5-7-21-20(23-19)24-8-10-28-18(14-24)6-9-26/h2-5,7,11-13,18,26H,6,8-10,14H2,1H3. The lowest BCUT2D eigenvalue weighted by molar-refractivity contribution is 0.0242. The molecule has 1 N–H and O–H groups in total. The highest BCUT2D eigenvalue weighted by atomic mass is 16.5. The van der Waals surface area contributed by atoms with Crippen LogP contribution in [0.4, 0.5) is 5.95 Å². The molecule has 1 aliphatic rings. The van der Waals surface area contributed by atoms with Crippen LogP contribution in [-0.4, -0.2) is 64.4 Å². The maximum Gasteiger partial charge on any atom is 0.226 e. The number of hydrogen-bond donors (Lipinski definition) is 1. The van der Waals surface area contributed by atoms with Crippen LogP contribution < -0.4 is 9.64 Å². The molecule has 0 spiro atoms. The van der Waals surface area contributed by atoms with Crippen LogP contribution in [0.15, 0.2) is 48.9 Å². The zero-order valence-corrected chi connectivity index (χ0v) is 15.7. The summed E-state index contributed by atoms with van der Waals surface area (Å²) in [6, 6.07) is 9.61. The van der Waals surface area contributed by atoms with E-state index in [4.69, 9.17) is 19.6 Å². The molecule has 1 unspecified atom stereocenters. The lowest BCUT2D eigenvalue weighted by Crippen LogP contribution is -2.43. The van der Waals surface area contributed by atoms with E-state index in [0.717, 1.165) is 29.2 Å². The maximum absolute atomic E-state index is 9.15. The van der Waals surface area contributed by atoms with Gasteiger partial charge in [0.05, 0.1) is 37.4 Å². The average Bonchev–Trinajstić information content (AvgIpc) is 3.25. The normalized spacial score (nSPS) is 16.9. The number of hydrogen-bond acceptors (Lipinski definition) is 7. The monoisotopic (exact) mass is 381 g/mol. The highest BCUT2D eigenvalue weighted by Gasteiger charge is 2.22. The number of aliphatic hydroxyl groups is 1. The highest BCUT2D eigenvalue weighted by Crippen LogP contribution is 2.22. The summed E-state index contributed by atoms with van der Waals surface area (Å²) in [4.78, 5) is 11.2. The number of aliphatic hydroxyl groups excluding tert-OH is 1. The molecule has 0 amide bonds. The fourth-order valence-electron chi connectivity index (χ4n) is 3.23. The van der Waals surface area contributed by atoms with E-state index in [1.165, 1.54) is 0 Å². The van der Waals surface area contributed by atoms with Gasteiger partial charge in [0.2, 0.25) is 5.95 Å². The summed E-state index contributed by atoms with van der Waals surface area (Å²) in [7, 11) is 1.65. The minimum absolute atomic E-state index is 0.00168. The second-order valence-corrected chi connectivity index (χ2v) is 6.57. The summed E-state index contributed by atoms with van der Waals surface area (Å²) in [6.45, 7) is 2.12. The zero-order chi connectivity index (χ0) is 19.3. The molecule has 1 aromatic carbocycles. The van der Waals surface area contributed by atoms with Crippen LogP contribution >= 0.6 is 0 Å². The lowest BCUT2D eigenvalue weighted by Gasteiger charge is -2.32. The minimum atomic E-state index is 0.00168. The predicted molar refractivity (Wildman–Crippen MR) is 105 cm³/mol. The van der Waals surface area contributed by atoms with Crippen LogP contribution in [0.25, 0.3) is 16.9 Å². The van der Waals surface area contributed by atoms with Gasteiger partial charge in [-0.25, -0.2) is 14.6 Å². The molecule has 28 heavy (non-hydrogen) atoms. The van der Waals surface area contributed by atoms with Gasteiger partial charge in [0.1, 0.15) is 5.75 Å². The van der Waals surface area contributed by atoms with Crippen molar-refractivity contribution < 1.29 is 14.6 Å². The predicted octanol–water partition coefficient (Wildman–Crippen LogP) is 1.93. The van der Waals surface area contributed by atoms with Gasteiger partial charge in [0, 0.05) is 43.7 Å². The van der Waals surface area contributed by atoms with Crippen LogP contribution in [0.1, 0.15) is 6.42 Å². The average molecular weight is 381 g/mol. The Morgan fingerprint density at radius 2 is 2.25 bits per heavy atom. The Bertz CT molecular complexity index is 927. The Morgan fingerprint density at radius 3 is 3.11 bits per heavy atom. The fraction of sp³-hybridized carbons (Fsp3) is 0.350. The van der Waals surface area contributed by atoms with Crippen molar-refractivity contribution in [3.63, 3.8) is 0 Å². The maximum atomic E-state index is 9.15. The molecular formula is C20H23N5O3. The van der Waals surface area contributed by atoms with E-state index >= 15 is 0 Å². The Morgan fingerprint density at radius 1 is 1.32 bits per heavy atom. The van der Waals surface area contributed by atoms with E-state index in [2.05, 4.69) is 15.0 Å². The molecule has 4 rings (SSSR count). The number of anilines is 1. The number of benzene rings is 1. The quantitative estimate of drug-likeness (QED) is 0.698. The molecule has 0 radical (unpaired) electrons. The number of morpholine rings is 1. The van der Waals surface area contributed by atoms with E-state index in [1.54, 1.807) is 24.2 Å². The van der Waals surface area contributed by atoms with Gasteiger partial charge in [-0.3, -0.25) is 0 Å². The van der Waals surface area contributed by atoms with E-state index in [0.29, 0.717) is 25.5 Å². The minimum Gasteiger partial charge on any atom is -0.497 e. The molecule has 146 valence electrons. The molecule has 0 saturated carbocycles. The van der Waals surface area contributed by atoms with E-state index in [1.807, 2.05) is 36.5 Å². The second-order valence-electron chi connectivity index (χ2n) is 6.57. The summed E-state index contributed by atoms with van der Waals surface area (Å²) in [6.07, 6.45) is 6.11. The van der Waals surface area contributed by atoms with Crippen LogP contribution in [0.2, 0.25) is 0 Å². The molecule has 1 fully saturated rings. The Hall–Kier alpha value is -2.97. The molecule has 1 atom stereocenters. The van der Waals surface area contributed by atoms with Crippen molar-refractivity contribution in [2.45, 2.75) is 12.5 Å². The first-order valence-corrected chi connectivity index (χ1v) is 9.27. The topological polar surface area (TPSA) is 85.5 Å². The summed E-state index contributed by atoms with van der Waals surface area (Å²) in [5.41, 5.74) is 2.64. The van der Waals surface area contributed by atoms with Crippen LogP contribution in [-0.2, 0) is 4.74 Å². The van der Waals surface area contributed by atoms with Gasteiger partial charge in [0.15, 0.2) is 0 Å². The third-order valence-corrected chi connectivity index (χ3v) is 4.71. The Labute approximate surface area is 163 Å². The molecule has 0 bridgehead atoms. The molecule has 1 saturated heterocycles. The highest BCUT2D eigenvalue weighted by molar-refractivity contribution is 5.59. The van der Waals surface area contributed by atoms with Crippen LogP contribution in [0, 0.1) is 0 Å². The summed E-state index contributed by atoms with van der Waals surface area (Å²) >= 11 is 0. The third-order valence-electron chi connectivity index (χ3n) is 4.71. The van der Waals surface area contributed by atoms with Gasteiger partial charge in [0.25, 0.3) is 0 Å². The van der Waals surface area contributed by atoms with Crippen LogP contribution in [0.5, 0.6) is 5.75 Å². The van der Waals surface area contributed by atoms with Gasteiger partial charge in [-0.15, -0.1) is 0 Å². The van der Waals surface area contributed by atoms with Crippen molar-refractivity contribution in [3.05, 3.63) is 48.9 Å². The smallest absolute Gasteiger partial charge is 0.226 e. The summed E-state index contributed by atoms with van der Waals surface area (Å²) in [5, 5.41) is 13.6. The van der Waals surface area contributed by atoms with Crippen molar-refractivity contribution >= 4 is 5.95 Å². The zero-order valence-electron chi connectivity index (χ0n) is 15.7. The van der Waals surface area contributed by atoms with Crippen molar-refractivity contribution in [1.29, 1.82) is 0 Å². The lowest BCUT2D eigenvalue weighted by atomic mass is 10.2. The summed E-state index contributed by atoms with van der Waals surface area (Å²) < 4.78 is 12.8. The van der Waals surface area contributed by atoms with Gasteiger partial charge >= 0.3 is 0 Å². The molecule has 8 nitrogen and oxygen atoms in total. The molecular weight excluding hydrogens is 358 g/mol. The molecule has 8 heteroatoms. The largest absolute Gasteiger partial charge is 0.497 e. The van der Waals surface area contributed by atoms with Crippen molar-refractivity contribution in [2.75, 3.05) is 38.3 Å². The first kappa shape index (κ1) is 18.4. The molecule has 3 heterocycles. The number of rotatable bonds is 6. The number of nitrogens with zero attached hydrogens (tertiary/aromatic N) is 5. The van der Waals surface area contributed by atoms with Gasteiger partial charge in [-0.2, -0.15) is 5.10 Å². The van der Waals surface area contributed by atoms with Gasteiger partial charge < -0.3 is 19.5 Å². The number of aromatic nitrogens is 4. The van der Waals surface area contributed by atoms with Crippen LogP contribution in [0.3, 0.4) is 0 Å². The van der Waals surface area contributed by atoms with Gasteiger partial charge in [-0.05, 0) is 24.6 Å². The first-order valence-electron chi connectivity index (χ1n) is 9.27. The number of methoxy groups -OCH3 is 1. The SMILES string of the molecule is COc1cccc(-n2cc(-c3ccnc(N4CCOC(CCO)C4)n3)cn2)c1. The Kier molecular flexibility index (Phi) is 5.50. The van der Waals surface area contributed by atoms with E-state index in [-0.39, 0.29) is 12.7 Å². The van der Waals surface area contributed by atoms with Gasteiger partial charge in [-0.1, -0.05) is 6.07 Å². The molecule has 3 aromatic rings. The van der Waals surface area contributed by atoms with E-state index in [9.17, 15) is 0 Å².